The first-order valence-electron chi connectivity index (χ1n) is 6.95. The van der Waals surface area contributed by atoms with Gasteiger partial charge in [-0.3, -0.25) is 0 Å². The zero-order chi connectivity index (χ0) is 18.8. The molecule has 0 aliphatic carbocycles. The summed E-state index contributed by atoms with van der Waals surface area (Å²) in [5.74, 6) is -2.48. The minimum Gasteiger partial charge on any atom is -0.466 e. The maximum Gasteiger partial charge on any atom is 0.355 e. The van der Waals surface area contributed by atoms with E-state index < -0.39 is 27.6 Å². The predicted molar refractivity (Wildman–Crippen MR) is 83.9 cm³/mol. The number of hydrogen-bond acceptors (Lipinski definition) is 8. The molecule has 0 saturated carbocycles. The van der Waals surface area contributed by atoms with Crippen molar-refractivity contribution in [2.75, 3.05) is 38.7 Å². The van der Waals surface area contributed by atoms with Gasteiger partial charge in [0.1, 0.15) is 18.2 Å². The van der Waals surface area contributed by atoms with Gasteiger partial charge in [0.15, 0.2) is 9.84 Å². The third-order valence-corrected chi connectivity index (χ3v) is 4.59. The Morgan fingerprint density at radius 2 is 1.84 bits per heavy atom. The Morgan fingerprint density at radius 3 is 2.40 bits per heavy atom. The molecule has 0 unspecified atom stereocenters. The number of anilines is 1. The van der Waals surface area contributed by atoms with Crippen molar-refractivity contribution in [2.24, 2.45) is 0 Å². The lowest BCUT2D eigenvalue weighted by atomic mass is 10.1. The summed E-state index contributed by atoms with van der Waals surface area (Å²) in [5, 5.41) is 0. The zero-order valence-corrected chi connectivity index (χ0v) is 14.6. The fraction of sp³-hybridized carbons (Fsp3) is 0.333. The Bertz CT molecular complexity index is 847. The number of methoxy groups -OCH3 is 2. The monoisotopic (exact) mass is 373 g/mol. The SMILES string of the molecule is COC(=O)C1=C(C(=O)OC)N(c2cc(F)ccc2S(C)(=O)=O)COC1. The molecular formula is C15H16FNO7S. The van der Waals surface area contributed by atoms with Crippen molar-refractivity contribution < 1.29 is 36.6 Å². The van der Waals surface area contributed by atoms with Gasteiger partial charge in [0.2, 0.25) is 0 Å². The molecule has 0 N–H and O–H groups in total. The minimum absolute atomic E-state index is 0.149. The second kappa shape index (κ2) is 7.19. The largest absolute Gasteiger partial charge is 0.466 e. The number of carbonyl (C=O) groups excluding carboxylic acids is 2. The standard InChI is InChI=1S/C15H16FNO7S/c1-22-14(18)10-7-24-8-17(13(10)15(19)23-2)11-6-9(16)4-5-12(11)25(3,20)21/h4-6H,7-8H2,1-3H3. The van der Waals surface area contributed by atoms with E-state index in [9.17, 15) is 22.4 Å². The maximum absolute atomic E-state index is 13.7. The van der Waals surface area contributed by atoms with Gasteiger partial charge in [-0.15, -0.1) is 0 Å². The molecule has 1 aromatic rings. The molecule has 10 heteroatoms. The molecule has 25 heavy (non-hydrogen) atoms. The summed E-state index contributed by atoms with van der Waals surface area (Å²) in [4.78, 5) is 25.0. The van der Waals surface area contributed by atoms with Gasteiger partial charge in [-0.1, -0.05) is 0 Å². The molecule has 0 spiro atoms. The molecule has 1 aromatic carbocycles. The van der Waals surface area contributed by atoms with Crippen molar-refractivity contribution in [1.29, 1.82) is 0 Å². The number of carbonyl (C=O) groups is 2. The molecule has 2 rings (SSSR count). The van der Waals surface area contributed by atoms with Crippen molar-refractivity contribution >= 4 is 27.5 Å². The van der Waals surface area contributed by atoms with E-state index in [1.807, 2.05) is 0 Å². The summed E-state index contributed by atoms with van der Waals surface area (Å²) in [6.07, 6.45) is 0.942. The van der Waals surface area contributed by atoms with E-state index in [-0.39, 0.29) is 35.2 Å². The number of nitrogens with zero attached hydrogens (tertiary/aromatic N) is 1. The van der Waals surface area contributed by atoms with Crippen LogP contribution in [0, 0.1) is 5.82 Å². The second-order valence-corrected chi connectivity index (χ2v) is 7.08. The number of hydrogen-bond donors (Lipinski definition) is 0. The Morgan fingerprint density at radius 1 is 1.20 bits per heavy atom. The van der Waals surface area contributed by atoms with Gasteiger partial charge in [-0.05, 0) is 18.2 Å². The molecule has 1 heterocycles. The van der Waals surface area contributed by atoms with Gasteiger partial charge in [0.05, 0.1) is 37.0 Å². The van der Waals surface area contributed by atoms with Gasteiger partial charge in [0.25, 0.3) is 0 Å². The zero-order valence-electron chi connectivity index (χ0n) is 13.7. The van der Waals surface area contributed by atoms with Crippen molar-refractivity contribution in [1.82, 2.24) is 0 Å². The first kappa shape index (κ1) is 18.9. The average Bonchev–Trinajstić information content (AvgIpc) is 2.58. The third-order valence-electron chi connectivity index (χ3n) is 3.44. The molecule has 136 valence electrons. The minimum atomic E-state index is -3.75. The van der Waals surface area contributed by atoms with Crippen LogP contribution < -0.4 is 4.90 Å². The fourth-order valence-corrected chi connectivity index (χ4v) is 3.21. The molecular weight excluding hydrogens is 357 g/mol. The summed E-state index contributed by atoms with van der Waals surface area (Å²) >= 11 is 0. The Hall–Kier alpha value is -2.46. The van der Waals surface area contributed by atoms with Crippen molar-refractivity contribution in [3.05, 3.63) is 35.3 Å². The van der Waals surface area contributed by atoms with Gasteiger partial charge in [0, 0.05) is 6.26 Å². The van der Waals surface area contributed by atoms with E-state index in [2.05, 4.69) is 9.47 Å². The van der Waals surface area contributed by atoms with Crippen LogP contribution in [0.4, 0.5) is 10.1 Å². The number of benzene rings is 1. The Balaban J connectivity index is 2.74. The molecule has 0 atom stereocenters. The van der Waals surface area contributed by atoms with Crippen LogP contribution in [0.15, 0.2) is 34.4 Å². The molecule has 0 fully saturated rings. The highest BCUT2D eigenvalue weighted by molar-refractivity contribution is 7.90. The highest BCUT2D eigenvalue weighted by Gasteiger charge is 2.34. The molecule has 0 radical (unpaired) electrons. The van der Waals surface area contributed by atoms with Crippen LogP contribution in [0.25, 0.3) is 0 Å². The summed E-state index contributed by atoms with van der Waals surface area (Å²) < 4.78 is 52.3. The smallest absolute Gasteiger partial charge is 0.355 e. The van der Waals surface area contributed by atoms with Crippen LogP contribution in [0.5, 0.6) is 0 Å². The van der Waals surface area contributed by atoms with Crippen LogP contribution in [0.1, 0.15) is 0 Å². The second-order valence-electron chi connectivity index (χ2n) is 5.10. The molecule has 1 aliphatic rings. The van der Waals surface area contributed by atoms with E-state index in [4.69, 9.17) is 4.74 Å². The summed E-state index contributed by atoms with van der Waals surface area (Å²) in [6.45, 7) is -0.520. The van der Waals surface area contributed by atoms with Crippen LogP contribution in [-0.2, 0) is 33.6 Å². The molecule has 0 amide bonds. The average molecular weight is 373 g/mol. The normalized spacial score (nSPS) is 15.1. The van der Waals surface area contributed by atoms with E-state index in [1.54, 1.807) is 0 Å². The van der Waals surface area contributed by atoms with Gasteiger partial charge in [-0.2, -0.15) is 0 Å². The predicted octanol–water partition coefficient (Wildman–Crippen LogP) is 0.623. The van der Waals surface area contributed by atoms with E-state index in [0.29, 0.717) is 0 Å². The van der Waals surface area contributed by atoms with Gasteiger partial charge in [-0.25, -0.2) is 22.4 Å². The molecule has 0 aromatic heterocycles. The van der Waals surface area contributed by atoms with Crippen molar-refractivity contribution in [3.63, 3.8) is 0 Å². The number of rotatable bonds is 4. The van der Waals surface area contributed by atoms with E-state index in [1.165, 1.54) is 0 Å². The quantitative estimate of drug-likeness (QED) is 0.560. The molecule has 0 bridgehead atoms. The topological polar surface area (TPSA) is 99.2 Å². The van der Waals surface area contributed by atoms with Crippen LogP contribution >= 0.6 is 0 Å². The lowest BCUT2D eigenvalue weighted by Gasteiger charge is -2.32. The first-order valence-corrected chi connectivity index (χ1v) is 8.84. The van der Waals surface area contributed by atoms with E-state index in [0.717, 1.165) is 43.6 Å². The lowest BCUT2D eigenvalue weighted by molar-refractivity contribution is -0.140. The highest BCUT2D eigenvalue weighted by atomic mass is 32.2. The van der Waals surface area contributed by atoms with E-state index >= 15 is 0 Å². The van der Waals surface area contributed by atoms with Gasteiger partial charge < -0.3 is 19.1 Å². The fourth-order valence-electron chi connectivity index (χ4n) is 2.35. The van der Waals surface area contributed by atoms with Gasteiger partial charge >= 0.3 is 11.9 Å². The maximum atomic E-state index is 13.7. The summed E-state index contributed by atoms with van der Waals surface area (Å²) in [5.41, 5.74) is -0.579. The molecule has 1 aliphatic heterocycles. The first-order chi connectivity index (χ1) is 11.7. The summed E-state index contributed by atoms with van der Waals surface area (Å²) in [6, 6.07) is 2.98. The van der Waals surface area contributed by atoms with Crippen LogP contribution in [0.2, 0.25) is 0 Å². The van der Waals surface area contributed by atoms with Crippen molar-refractivity contribution in [2.45, 2.75) is 4.90 Å². The highest BCUT2D eigenvalue weighted by Crippen LogP contribution is 2.32. The molecule has 8 nitrogen and oxygen atoms in total. The Labute approximate surface area is 143 Å². The lowest BCUT2D eigenvalue weighted by Crippen LogP contribution is -2.39. The van der Waals surface area contributed by atoms with Crippen LogP contribution in [-0.4, -0.2) is 54.2 Å². The number of halogens is 1. The number of esters is 2. The van der Waals surface area contributed by atoms with Crippen molar-refractivity contribution in [3.8, 4) is 0 Å². The Kier molecular flexibility index (Phi) is 5.43. The number of ether oxygens (including phenoxy) is 3. The van der Waals surface area contributed by atoms with Crippen LogP contribution in [0.3, 0.4) is 0 Å². The third kappa shape index (κ3) is 3.80. The molecule has 0 saturated heterocycles. The summed E-state index contributed by atoms with van der Waals surface area (Å²) in [7, 11) is -1.54. The number of sulfone groups is 1.